The second-order valence-corrected chi connectivity index (χ2v) is 7.47. The van der Waals surface area contributed by atoms with E-state index in [4.69, 9.17) is 17.0 Å². The van der Waals surface area contributed by atoms with Crippen LogP contribution >= 0.6 is 35.3 Å². The number of ether oxygens (including phenoxy) is 1. The monoisotopic (exact) mass is 364 g/mol. The minimum Gasteiger partial charge on any atom is -0.496 e. The first kappa shape index (κ1) is 16.2. The van der Waals surface area contributed by atoms with Gasteiger partial charge < -0.3 is 4.74 Å². The summed E-state index contributed by atoms with van der Waals surface area (Å²) in [5.74, 6) is 0.965. The number of hydrogen-bond donors (Lipinski definition) is 0. The van der Waals surface area contributed by atoms with Crippen molar-refractivity contribution in [2.24, 2.45) is 0 Å². The fraction of sp³-hybridized carbons (Fsp3) is 0.125. The minimum atomic E-state index is -0.274. The lowest BCUT2D eigenvalue weighted by molar-refractivity contribution is 0.410. The zero-order valence-corrected chi connectivity index (χ0v) is 14.7. The topological polar surface area (TPSA) is 27.1 Å². The van der Waals surface area contributed by atoms with Crippen molar-refractivity contribution in [1.82, 2.24) is 9.78 Å². The highest BCUT2D eigenvalue weighted by Crippen LogP contribution is 2.30. The van der Waals surface area contributed by atoms with Gasteiger partial charge in [0.25, 0.3) is 0 Å². The van der Waals surface area contributed by atoms with Crippen LogP contribution in [0.25, 0.3) is 5.69 Å². The third-order valence-electron chi connectivity index (χ3n) is 3.12. The van der Waals surface area contributed by atoms with Gasteiger partial charge in [-0.2, -0.15) is 0 Å². The van der Waals surface area contributed by atoms with Crippen molar-refractivity contribution in [3.63, 3.8) is 0 Å². The van der Waals surface area contributed by atoms with Gasteiger partial charge in [-0.25, -0.2) is 9.07 Å². The van der Waals surface area contributed by atoms with Gasteiger partial charge in [0.15, 0.2) is 8.29 Å². The van der Waals surface area contributed by atoms with Gasteiger partial charge in [-0.1, -0.05) is 41.3 Å². The Morgan fingerprint density at radius 2 is 2.04 bits per heavy atom. The number of rotatable bonds is 5. The third-order valence-corrected chi connectivity index (χ3v) is 5.54. The van der Waals surface area contributed by atoms with E-state index in [0.717, 1.165) is 15.6 Å². The molecule has 0 bridgehead atoms. The molecule has 0 atom stereocenters. The van der Waals surface area contributed by atoms with Crippen molar-refractivity contribution in [2.45, 2.75) is 10.1 Å². The number of halogens is 1. The van der Waals surface area contributed by atoms with Crippen LogP contribution < -0.4 is 4.74 Å². The summed E-state index contributed by atoms with van der Waals surface area (Å²) >= 11 is 8.33. The van der Waals surface area contributed by atoms with E-state index < -0.39 is 0 Å². The Labute approximate surface area is 146 Å². The van der Waals surface area contributed by atoms with Crippen molar-refractivity contribution in [3.8, 4) is 11.4 Å². The molecule has 23 heavy (non-hydrogen) atoms. The molecule has 0 aliphatic rings. The third kappa shape index (κ3) is 3.80. The molecule has 0 fully saturated rings. The highest BCUT2D eigenvalue weighted by Gasteiger charge is 2.09. The summed E-state index contributed by atoms with van der Waals surface area (Å²) in [7, 11) is 1.58. The molecule has 0 radical (unpaired) electrons. The number of methoxy groups -OCH3 is 1. The lowest BCUT2D eigenvalue weighted by Crippen LogP contribution is -1.95. The van der Waals surface area contributed by atoms with Crippen molar-refractivity contribution >= 4 is 35.3 Å². The highest BCUT2D eigenvalue weighted by atomic mass is 32.2. The Morgan fingerprint density at radius 1 is 1.26 bits per heavy atom. The van der Waals surface area contributed by atoms with Gasteiger partial charge in [0.1, 0.15) is 11.6 Å². The Kier molecular flexibility index (Phi) is 5.09. The number of hydrogen-bond acceptors (Lipinski definition) is 5. The van der Waals surface area contributed by atoms with Crippen LogP contribution in [0.5, 0.6) is 5.75 Å². The molecule has 0 N–H and O–H groups in total. The molecule has 0 saturated heterocycles. The van der Waals surface area contributed by atoms with Crippen molar-refractivity contribution < 1.29 is 9.13 Å². The molecule has 7 heteroatoms. The number of aromatic nitrogens is 2. The lowest BCUT2D eigenvalue weighted by Gasteiger charge is -2.07. The second kappa shape index (κ2) is 7.25. The zero-order valence-electron chi connectivity index (χ0n) is 12.2. The maximum Gasteiger partial charge on any atom is 0.184 e. The Hall–Kier alpha value is -1.70. The highest BCUT2D eigenvalue weighted by molar-refractivity contribution is 8.00. The molecule has 118 valence electrons. The summed E-state index contributed by atoms with van der Waals surface area (Å²) in [6.45, 7) is 0. The Balaban J connectivity index is 1.80. The average Bonchev–Trinajstić information content (AvgIpc) is 2.95. The first-order valence-corrected chi connectivity index (χ1v) is 8.99. The molecular formula is C16H13FN2OS3. The van der Waals surface area contributed by atoms with E-state index in [2.05, 4.69) is 5.10 Å². The first-order chi connectivity index (χ1) is 11.2. The quantitative estimate of drug-likeness (QED) is 0.465. The van der Waals surface area contributed by atoms with Crippen molar-refractivity contribution in [3.05, 3.63) is 63.9 Å². The summed E-state index contributed by atoms with van der Waals surface area (Å²) < 4.78 is 21.9. The van der Waals surface area contributed by atoms with Crippen LogP contribution in [-0.2, 0) is 5.75 Å². The first-order valence-electron chi connectivity index (χ1n) is 6.78. The molecule has 0 aliphatic carbocycles. The van der Waals surface area contributed by atoms with Crippen LogP contribution in [0.1, 0.15) is 5.56 Å². The second-order valence-electron chi connectivity index (χ2n) is 4.63. The fourth-order valence-electron chi connectivity index (χ4n) is 2.05. The molecular weight excluding hydrogens is 351 g/mol. The molecule has 0 unspecified atom stereocenters. The summed E-state index contributed by atoms with van der Waals surface area (Å²) in [6, 6.07) is 14.3. The van der Waals surface area contributed by atoms with Gasteiger partial charge in [-0.05, 0) is 42.5 Å². The standard InChI is InChI=1S/C16H13FN2OS3/c1-20-14-8-7-12(17)9-11(14)10-22-15-18-19(16(21)23-15)13-5-3-2-4-6-13/h2-9H,10H2,1H3. The van der Waals surface area contributed by atoms with Crippen LogP contribution in [-0.4, -0.2) is 16.9 Å². The van der Waals surface area contributed by atoms with Crippen LogP contribution in [0.2, 0.25) is 0 Å². The van der Waals surface area contributed by atoms with Crippen LogP contribution in [0.15, 0.2) is 52.9 Å². The predicted molar refractivity (Wildman–Crippen MR) is 94.8 cm³/mol. The predicted octanol–water partition coefficient (Wildman–Crippen LogP) is 5.10. The molecule has 2 aromatic carbocycles. The SMILES string of the molecule is COc1ccc(F)cc1CSc1nn(-c2ccccc2)c(=S)s1. The van der Waals surface area contributed by atoms with E-state index >= 15 is 0 Å². The van der Waals surface area contributed by atoms with Gasteiger partial charge in [0.05, 0.1) is 12.8 Å². The molecule has 0 aliphatic heterocycles. The molecule has 1 heterocycles. The molecule has 0 saturated carbocycles. The summed E-state index contributed by atoms with van der Waals surface area (Å²) in [6.07, 6.45) is 0. The summed E-state index contributed by atoms with van der Waals surface area (Å²) in [5, 5.41) is 4.53. The molecule has 0 spiro atoms. The van der Waals surface area contributed by atoms with E-state index in [1.807, 2.05) is 30.3 Å². The number of benzene rings is 2. The number of nitrogens with zero attached hydrogens (tertiary/aromatic N) is 2. The normalized spacial score (nSPS) is 10.7. The van der Waals surface area contributed by atoms with Crippen LogP contribution in [0.3, 0.4) is 0 Å². The average molecular weight is 364 g/mol. The van der Waals surface area contributed by atoms with Crippen molar-refractivity contribution in [2.75, 3.05) is 7.11 Å². The van der Waals surface area contributed by atoms with Gasteiger partial charge in [0.2, 0.25) is 0 Å². The Morgan fingerprint density at radius 3 is 2.78 bits per heavy atom. The maximum atomic E-state index is 13.4. The Bertz CT molecular complexity index is 861. The van der Waals surface area contributed by atoms with Gasteiger partial charge in [0, 0.05) is 11.3 Å². The number of para-hydroxylation sites is 1. The van der Waals surface area contributed by atoms with Crippen LogP contribution in [0, 0.1) is 9.77 Å². The lowest BCUT2D eigenvalue weighted by atomic mass is 10.2. The largest absolute Gasteiger partial charge is 0.496 e. The van der Waals surface area contributed by atoms with E-state index in [9.17, 15) is 4.39 Å². The molecule has 1 aromatic heterocycles. The molecule has 0 amide bonds. The van der Waals surface area contributed by atoms with E-state index in [0.29, 0.717) is 15.5 Å². The smallest absolute Gasteiger partial charge is 0.184 e. The summed E-state index contributed by atoms with van der Waals surface area (Å²) in [5.41, 5.74) is 1.73. The summed E-state index contributed by atoms with van der Waals surface area (Å²) in [4.78, 5) is 0. The van der Waals surface area contributed by atoms with Gasteiger partial charge in [-0.3, -0.25) is 0 Å². The molecule has 3 rings (SSSR count). The van der Waals surface area contributed by atoms with Gasteiger partial charge >= 0.3 is 0 Å². The fourth-order valence-corrected chi connectivity index (χ4v) is 4.39. The van der Waals surface area contributed by atoms with Crippen LogP contribution in [0.4, 0.5) is 4.39 Å². The maximum absolute atomic E-state index is 13.4. The zero-order chi connectivity index (χ0) is 16.2. The van der Waals surface area contributed by atoms with E-state index in [1.165, 1.54) is 35.2 Å². The molecule has 3 aromatic rings. The van der Waals surface area contributed by atoms with E-state index in [-0.39, 0.29) is 5.82 Å². The van der Waals surface area contributed by atoms with E-state index in [1.54, 1.807) is 17.9 Å². The number of thioether (sulfide) groups is 1. The minimum absolute atomic E-state index is 0.274. The van der Waals surface area contributed by atoms with Gasteiger partial charge in [-0.15, -0.1) is 5.10 Å². The molecule has 3 nitrogen and oxygen atoms in total. The van der Waals surface area contributed by atoms with Crippen molar-refractivity contribution in [1.29, 1.82) is 0 Å².